The highest BCUT2D eigenvalue weighted by molar-refractivity contribution is 6.06. The first kappa shape index (κ1) is 18.9. The molecule has 2 aromatic rings. The average molecular weight is 404 g/mol. The van der Waals surface area contributed by atoms with Crippen LogP contribution < -0.4 is 10.6 Å². The number of hydrogen-bond donors (Lipinski definition) is 2. The summed E-state index contributed by atoms with van der Waals surface area (Å²) >= 11 is 0. The number of benzene rings is 2. The fourth-order valence-electron chi connectivity index (χ4n) is 5.47. The summed E-state index contributed by atoms with van der Waals surface area (Å²) in [5.41, 5.74) is 2.87. The summed E-state index contributed by atoms with van der Waals surface area (Å²) in [6.07, 6.45) is 2.50. The molecule has 154 valence electrons. The lowest BCUT2D eigenvalue weighted by atomic mass is 9.79. The number of carbonyl (C=O) groups excluding carboxylic acids is 3. The van der Waals surface area contributed by atoms with Crippen molar-refractivity contribution < 1.29 is 19.1 Å². The Morgan fingerprint density at radius 2 is 1.90 bits per heavy atom. The van der Waals surface area contributed by atoms with Crippen LogP contribution in [0.4, 0.5) is 11.4 Å². The monoisotopic (exact) mass is 404 g/mol. The fraction of sp³-hybridized carbons (Fsp3) is 0.375. The van der Waals surface area contributed by atoms with E-state index in [2.05, 4.69) is 10.6 Å². The molecule has 0 aromatic heterocycles. The van der Waals surface area contributed by atoms with Crippen LogP contribution in [0.25, 0.3) is 0 Å². The molecule has 3 fully saturated rings. The number of fused-ring (bicyclic) bond motifs is 1. The van der Waals surface area contributed by atoms with E-state index >= 15 is 0 Å². The summed E-state index contributed by atoms with van der Waals surface area (Å²) in [5.74, 6) is -0.871. The number of anilines is 2. The first-order valence-corrected chi connectivity index (χ1v) is 10.6. The number of aryl methyl sites for hydroxylation is 1. The minimum Gasteiger partial charge on any atom is -0.462 e. The SMILES string of the molecule is CCc1ccccc1NC(=O)c1cccc(NC(=O)[C@@H]2[C@@H]3C[C@@H]4[C@H]2C(=O)O[C@H]4C3)c1. The van der Waals surface area contributed by atoms with Gasteiger partial charge >= 0.3 is 5.97 Å². The largest absolute Gasteiger partial charge is 0.462 e. The Balaban J connectivity index is 1.30. The molecule has 6 nitrogen and oxygen atoms in total. The van der Waals surface area contributed by atoms with Crippen molar-refractivity contribution in [3.63, 3.8) is 0 Å². The van der Waals surface area contributed by atoms with Gasteiger partial charge in [-0.15, -0.1) is 0 Å². The standard InChI is InChI=1S/C24H24N2O4/c1-2-13-6-3-4-9-18(13)26-22(27)14-7-5-8-16(10-14)25-23(28)20-15-11-17-19(12-15)30-24(29)21(17)20/h3-10,15,17,19-21H,2,11-12H2,1H3,(H,25,28)(H,26,27)/t15-,17+,19+,20-,21-/m1/s1. The molecule has 3 aliphatic rings. The first-order valence-electron chi connectivity index (χ1n) is 10.6. The highest BCUT2D eigenvalue weighted by Crippen LogP contribution is 2.57. The van der Waals surface area contributed by atoms with Gasteiger partial charge in [-0.05, 0) is 55.0 Å². The third-order valence-corrected chi connectivity index (χ3v) is 6.82. The van der Waals surface area contributed by atoms with Crippen LogP contribution in [0, 0.1) is 23.7 Å². The normalized spacial score (nSPS) is 28.3. The maximum absolute atomic E-state index is 13.0. The molecule has 0 unspecified atom stereocenters. The fourth-order valence-corrected chi connectivity index (χ4v) is 5.47. The van der Waals surface area contributed by atoms with E-state index in [-0.39, 0.29) is 47.6 Å². The van der Waals surface area contributed by atoms with Crippen molar-refractivity contribution in [1.82, 2.24) is 0 Å². The molecule has 0 radical (unpaired) electrons. The molecule has 5 atom stereocenters. The number of para-hydroxylation sites is 1. The Labute approximate surface area is 175 Å². The number of rotatable bonds is 5. The summed E-state index contributed by atoms with van der Waals surface area (Å²) in [7, 11) is 0. The Bertz CT molecular complexity index is 1030. The lowest BCUT2D eigenvalue weighted by Gasteiger charge is -2.23. The van der Waals surface area contributed by atoms with Crippen LogP contribution in [0.5, 0.6) is 0 Å². The molecule has 1 aliphatic heterocycles. The van der Waals surface area contributed by atoms with Gasteiger partial charge < -0.3 is 15.4 Å². The first-order chi connectivity index (χ1) is 14.5. The molecule has 2 aliphatic carbocycles. The number of ether oxygens (including phenoxy) is 1. The van der Waals surface area contributed by atoms with Crippen LogP contribution >= 0.6 is 0 Å². The molecule has 2 aromatic carbocycles. The number of nitrogens with one attached hydrogen (secondary N) is 2. The predicted octanol–water partition coefficient (Wildman–Crippen LogP) is 3.64. The zero-order chi connectivity index (χ0) is 20.8. The summed E-state index contributed by atoms with van der Waals surface area (Å²) in [6, 6.07) is 14.6. The van der Waals surface area contributed by atoms with E-state index in [1.165, 1.54) is 0 Å². The Morgan fingerprint density at radius 3 is 2.73 bits per heavy atom. The van der Waals surface area contributed by atoms with E-state index in [1.807, 2.05) is 31.2 Å². The minimum atomic E-state index is -0.338. The van der Waals surface area contributed by atoms with E-state index in [0.717, 1.165) is 30.5 Å². The van der Waals surface area contributed by atoms with Gasteiger partial charge in [0.05, 0.1) is 11.8 Å². The quantitative estimate of drug-likeness (QED) is 0.745. The zero-order valence-electron chi connectivity index (χ0n) is 16.8. The van der Waals surface area contributed by atoms with Crippen molar-refractivity contribution in [1.29, 1.82) is 0 Å². The van der Waals surface area contributed by atoms with Crippen molar-refractivity contribution in [2.24, 2.45) is 23.7 Å². The third kappa shape index (κ3) is 3.07. The lowest BCUT2D eigenvalue weighted by Crippen LogP contribution is -2.35. The van der Waals surface area contributed by atoms with Crippen LogP contribution in [0.2, 0.25) is 0 Å². The molecular weight excluding hydrogens is 380 g/mol. The molecule has 1 saturated heterocycles. The maximum Gasteiger partial charge on any atom is 0.310 e. The van der Waals surface area contributed by atoms with Gasteiger partial charge in [-0.1, -0.05) is 31.2 Å². The third-order valence-electron chi connectivity index (χ3n) is 6.82. The minimum absolute atomic E-state index is 0.00886. The van der Waals surface area contributed by atoms with Gasteiger partial charge in [-0.25, -0.2) is 0 Å². The highest BCUT2D eigenvalue weighted by Gasteiger charge is 2.63. The zero-order valence-corrected chi connectivity index (χ0v) is 16.8. The summed E-state index contributed by atoms with van der Waals surface area (Å²) < 4.78 is 5.42. The van der Waals surface area contributed by atoms with E-state index in [9.17, 15) is 14.4 Å². The molecule has 2 amide bonds. The van der Waals surface area contributed by atoms with Gasteiger partial charge in [-0.2, -0.15) is 0 Å². The molecule has 2 saturated carbocycles. The molecule has 5 rings (SSSR count). The topological polar surface area (TPSA) is 84.5 Å². The van der Waals surface area contributed by atoms with E-state index < -0.39 is 0 Å². The van der Waals surface area contributed by atoms with Crippen molar-refractivity contribution >= 4 is 29.2 Å². The Hall–Kier alpha value is -3.15. The molecular formula is C24H24N2O4. The van der Waals surface area contributed by atoms with Crippen molar-refractivity contribution in [2.75, 3.05) is 10.6 Å². The summed E-state index contributed by atoms with van der Waals surface area (Å²) in [6.45, 7) is 2.04. The van der Waals surface area contributed by atoms with Crippen LogP contribution in [0.15, 0.2) is 48.5 Å². The number of hydrogen-bond acceptors (Lipinski definition) is 4. The molecule has 0 spiro atoms. The lowest BCUT2D eigenvalue weighted by molar-refractivity contribution is -0.145. The molecule has 2 bridgehead atoms. The van der Waals surface area contributed by atoms with E-state index in [4.69, 9.17) is 4.74 Å². The van der Waals surface area contributed by atoms with Gasteiger partial charge in [0.25, 0.3) is 5.91 Å². The van der Waals surface area contributed by atoms with Gasteiger partial charge in [0.2, 0.25) is 5.91 Å². The predicted molar refractivity (Wildman–Crippen MR) is 112 cm³/mol. The number of carbonyl (C=O) groups is 3. The highest BCUT2D eigenvalue weighted by atomic mass is 16.6. The molecule has 1 heterocycles. The number of amides is 2. The average Bonchev–Trinajstić information content (AvgIpc) is 3.37. The summed E-state index contributed by atoms with van der Waals surface area (Å²) in [5, 5.41) is 5.88. The number of esters is 1. The second-order valence-electron chi connectivity index (χ2n) is 8.46. The van der Waals surface area contributed by atoms with Gasteiger partial charge in [0.15, 0.2) is 0 Å². The van der Waals surface area contributed by atoms with Gasteiger partial charge in [0, 0.05) is 22.9 Å². The van der Waals surface area contributed by atoms with Crippen LogP contribution in [-0.2, 0) is 20.7 Å². The van der Waals surface area contributed by atoms with Crippen molar-refractivity contribution in [3.05, 3.63) is 59.7 Å². The summed E-state index contributed by atoms with van der Waals surface area (Å²) in [4.78, 5) is 37.9. The Morgan fingerprint density at radius 1 is 1.07 bits per heavy atom. The Kier molecular flexibility index (Phi) is 4.57. The van der Waals surface area contributed by atoms with Crippen molar-refractivity contribution in [2.45, 2.75) is 32.3 Å². The van der Waals surface area contributed by atoms with Crippen LogP contribution in [0.3, 0.4) is 0 Å². The van der Waals surface area contributed by atoms with E-state index in [1.54, 1.807) is 24.3 Å². The van der Waals surface area contributed by atoms with Crippen molar-refractivity contribution in [3.8, 4) is 0 Å². The maximum atomic E-state index is 13.0. The van der Waals surface area contributed by atoms with Gasteiger partial charge in [-0.3, -0.25) is 14.4 Å². The molecule has 2 N–H and O–H groups in total. The molecule has 6 heteroatoms. The second-order valence-corrected chi connectivity index (χ2v) is 8.46. The van der Waals surface area contributed by atoms with Crippen LogP contribution in [0.1, 0.15) is 35.7 Å². The second kappa shape index (κ2) is 7.27. The van der Waals surface area contributed by atoms with Crippen LogP contribution in [-0.4, -0.2) is 23.9 Å². The molecule has 30 heavy (non-hydrogen) atoms. The van der Waals surface area contributed by atoms with E-state index in [0.29, 0.717) is 11.3 Å². The smallest absolute Gasteiger partial charge is 0.310 e. The van der Waals surface area contributed by atoms with Gasteiger partial charge in [0.1, 0.15) is 6.10 Å².